The Hall–Kier alpha value is -2.89. The molecule has 2 nitrogen and oxygen atoms in total. The second-order valence-corrected chi connectivity index (χ2v) is 6.85. The predicted octanol–water partition coefficient (Wildman–Crippen LogP) is 5.86. The first-order chi connectivity index (χ1) is 13.4. The van der Waals surface area contributed by atoms with Gasteiger partial charge in [0.15, 0.2) is 0 Å². The largest absolute Gasteiger partial charge is 0.416 e. The van der Waals surface area contributed by atoms with Crippen molar-refractivity contribution in [1.82, 2.24) is 4.98 Å². The fraction of sp³-hybridized carbons (Fsp3) is 0.227. The fourth-order valence-electron chi connectivity index (χ4n) is 3.61. The number of nitrogens with zero attached hydrogens (tertiary/aromatic N) is 2. The number of fused-ring (bicyclic) bond motifs is 1. The topological polar surface area (TPSA) is 16.1 Å². The second-order valence-electron chi connectivity index (χ2n) is 6.85. The molecule has 6 heteroatoms. The Kier molecular flexibility index (Phi) is 4.79. The number of hydrogen-bond donors (Lipinski definition) is 0. The van der Waals surface area contributed by atoms with Crippen molar-refractivity contribution in [3.8, 4) is 11.3 Å². The minimum atomic E-state index is -4.38. The lowest BCUT2D eigenvalue weighted by atomic mass is 10.0. The van der Waals surface area contributed by atoms with Gasteiger partial charge in [0.1, 0.15) is 5.82 Å². The zero-order chi connectivity index (χ0) is 19.7. The van der Waals surface area contributed by atoms with Crippen molar-refractivity contribution in [2.45, 2.75) is 25.6 Å². The molecule has 0 aliphatic carbocycles. The average Bonchev–Trinajstić information content (AvgIpc) is 2.68. The van der Waals surface area contributed by atoms with Gasteiger partial charge in [-0.25, -0.2) is 4.39 Å². The summed E-state index contributed by atoms with van der Waals surface area (Å²) in [7, 11) is 0. The highest BCUT2D eigenvalue weighted by molar-refractivity contribution is 5.64. The van der Waals surface area contributed by atoms with Crippen LogP contribution in [0.5, 0.6) is 0 Å². The Morgan fingerprint density at radius 2 is 1.68 bits per heavy atom. The summed E-state index contributed by atoms with van der Waals surface area (Å²) in [5.41, 5.74) is 2.91. The number of anilines is 1. The average molecular weight is 386 g/mol. The Bertz CT molecular complexity index is 981. The lowest BCUT2D eigenvalue weighted by Gasteiger charge is -2.31. The van der Waals surface area contributed by atoms with E-state index in [1.54, 1.807) is 18.2 Å². The molecule has 0 N–H and O–H groups in total. The molecule has 3 aromatic rings. The van der Waals surface area contributed by atoms with E-state index in [0.29, 0.717) is 6.54 Å². The normalized spacial score (nSPS) is 14.1. The van der Waals surface area contributed by atoms with E-state index in [1.165, 1.54) is 24.3 Å². The van der Waals surface area contributed by atoms with Crippen LogP contribution in [-0.4, -0.2) is 11.5 Å². The number of halogens is 4. The maximum absolute atomic E-state index is 13.3. The molecule has 0 fully saturated rings. The SMILES string of the molecule is Fc1ccc(-c2ccc3c(n2)CCCN3Cc2ccccc2C(F)(F)F)cc1. The third-order valence-corrected chi connectivity index (χ3v) is 4.96. The Morgan fingerprint density at radius 3 is 2.43 bits per heavy atom. The molecule has 1 aromatic heterocycles. The lowest BCUT2D eigenvalue weighted by molar-refractivity contribution is -0.138. The van der Waals surface area contributed by atoms with Gasteiger partial charge in [-0.3, -0.25) is 4.98 Å². The van der Waals surface area contributed by atoms with E-state index < -0.39 is 11.7 Å². The van der Waals surface area contributed by atoms with Crippen LogP contribution in [0.25, 0.3) is 11.3 Å². The number of benzene rings is 2. The number of alkyl halides is 3. The summed E-state index contributed by atoms with van der Waals surface area (Å²) in [5.74, 6) is -0.309. The maximum Gasteiger partial charge on any atom is 0.416 e. The zero-order valence-electron chi connectivity index (χ0n) is 15.0. The molecule has 1 aliphatic heterocycles. The van der Waals surface area contributed by atoms with Crippen molar-refractivity contribution in [1.29, 1.82) is 0 Å². The zero-order valence-corrected chi connectivity index (χ0v) is 15.0. The second kappa shape index (κ2) is 7.26. The van der Waals surface area contributed by atoms with E-state index in [0.717, 1.165) is 41.5 Å². The minimum Gasteiger partial charge on any atom is -0.366 e. The molecule has 0 saturated heterocycles. The van der Waals surface area contributed by atoms with Crippen LogP contribution in [0.2, 0.25) is 0 Å². The van der Waals surface area contributed by atoms with Gasteiger partial charge in [0.2, 0.25) is 0 Å². The molecular weight excluding hydrogens is 368 g/mol. The van der Waals surface area contributed by atoms with Crippen LogP contribution in [0.15, 0.2) is 60.7 Å². The number of rotatable bonds is 3. The van der Waals surface area contributed by atoms with E-state index in [-0.39, 0.29) is 17.9 Å². The third-order valence-electron chi connectivity index (χ3n) is 4.96. The first-order valence-electron chi connectivity index (χ1n) is 9.08. The van der Waals surface area contributed by atoms with Gasteiger partial charge in [-0.05, 0) is 60.9 Å². The Balaban J connectivity index is 1.64. The van der Waals surface area contributed by atoms with Crippen LogP contribution < -0.4 is 4.90 Å². The summed E-state index contributed by atoms with van der Waals surface area (Å²) in [5, 5.41) is 0. The molecule has 0 saturated carbocycles. The monoisotopic (exact) mass is 386 g/mol. The standard InChI is InChI=1S/C22H18F4N2/c23-17-9-7-15(8-10-17)19-11-12-21-20(27-19)6-3-13-28(21)14-16-4-1-2-5-18(16)22(24,25)26/h1-2,4-5,7-12H,3,6,13-14H2. The number of pyridine rings is 1. The van der Waals surface area contributed by atoms with Gasteiger partial charge in [-0.2, -0.15) is 13.2 Å². The van der Waals surface area contributed by atoms with Gasteiger partial charge in [-0.15, -0.1) is 0 Å². The molecule has 144 valence electrons. The number of hydrogen-bond acceptors (Lipinski definition) is 2. The van der Waals surface area contributed by atoms with Crippen molar-refractivity contribution in [3.05, 3.63) is 83.3 Å². The smallest absolute Gasteiger partial charge is 0.366 e. The van der Waals surface area contributed by atoms with Crippen molar-refractivity contribution in [3.63, 3.8) is 0 Å². The molecule has 0 bridgehead atoms. The highest BCUT2D eigenvalue weighted by Gasteiger charge is 2.33. The van der Waals surface area contributed by atoms with Crippen molar-refractivity contribution >= 4 is 5.69 Å². The van der Waals surface area contributed by atoms with E-state index >= 15 is 0 Å². The molecular formula is C22H18F4N2. The van der Waals surface area contributed by atoms with Gasteiger partial charge in [0.05, 0.1) is 22.6 Å². The molecule has 2 heterocycles. The van der Waals surface area contributed by atoms with Gasteiger partial charge < -0.3 is 4.90 Å². The van der Waals surface area contributed by atoms with E-state index in [2.05, 4.69) is 4.98 Å². The highest BCUT2D eigenvalue weighted by atomic mass is 19.4. The van der Waals surface area contributed by atoms with Crippen LogP contribution in [0.1, 0.15) is 23.2 Å². The predicted molar refractivity (Wildman–Crippen MR) is 100 cm³/mol. The molecule has 0 radical (unpaired) electrons. The fourth-order valence-corrected chi connectivity index (χ4v) is 3.61. The lowest BCUT2D eigenvalue weighted by Crippen LogP contribution is -2.30. The molecule has 2 aromatic carbocycles. The van der Waals surface area contributed by atoms with Crippen LogP contribution in [0.3, 0.4) is 0 Å². The van der Waals surface area contributed by atoms with Gasteiger partial charge in [0.25, 0.3) is 0 Å². The number of aryl methyl sites for hydroxylation is 1. The van der Waals surface area contributed by atoms with E-state index in [9.17, 15) is 17.6 Å². The van der Waals surface area contributed by atoms with Gasteiger partial charge >= 0.3 is 6.18 Å². The quantitative estimate of drug-likeness (QED) is 0.524. The Labute approximate surface area is 160 Å². The molecule has 1 aliphatic rings. The summed E-state index contributed by atoms with van der Waals surface area (Å²) >= 11 is 0. The first-order valence-corrected chi connectivity index (χ1v) is 9.08. The molecule has 0 unspecified atom stereocenters. The molecule has 0 atom stereocenters. The number of aromatic nitrogens is 1. The van der Waals surface area contributed by atoms with Crippen molar-refractivity contribution < 1.29 is 17.6 Å². The van der Waals surface area contributed by atoms with Gasteiger partial charge in [-0.1, -0.05) is 18.2 Å². The Morgan fingerprint density at radius 1 is 0.929 bits per heavy atom. The molecule has 0 amide bonds. The highest BCUT2D eigenvalue weighted by Crippen LogP contribution is 2.35. The maximum atomic E-state index is 13.3. The summed E-state index contributed by atoms with van der Waals surface area (Å²) in [6, 6.07) is 15.5. The van der Waals surface area contributed by atoms with Crippen LogP contribution >= 0.6 is 0 Å². The van der Waals surface area contributed by atoms with Crippen molar-refractivity contribution in [2.75, 3.05) is 11.4 Å². The molecule has 28 heavy (non-hydrogen) atoms. The van der Waals surface area contributed by atoms with Gasteiger partial charge in [0, 0.05) is 18.7 Å². The van der Waals surface area contributed by atoms with Crippen LogP contribution in [0.4, 0.5) is 23.2 Å². The van der Waals surface area contributed by atoms with Crippen LogP contribution in [-0.2, 0) is 19.1 Å². The first kappa shape index (κ1) is 18.5. The minimum absolute atomic E-state index is 0.181. The van der Waals surface area contributed by atoms with Crippen molar-refractivity contribution in [2.24, 2.45) is 0 Å². The molecule has 0 spiro atoms. The van der Waals surface area contributed by atoms with E-state index in [4.69, 9.17) is 0 Å². The van der Waals surface area contributed by atoms with Crippen LogP contribution in [0, 0.1) is 5.82 Å². The van der Waals surface area contributed by atoms with E-state index in [1.807, 2.05) is 17.0 Å². The summed E-state index contributed by atoms with van der Waals surface area (Å²) in [6.07, 6.45) is -2.79. The summed E-state index contributed by atoms with van der Waals surface area (Å²) in [6.45, 7) is 0.858. The molecule has 4 rings (SSSR count). The summed E-state index contributed by atoms with van der Waals surface area (Å²) in [4.78, 5) is 6.64. The summed E-state index contributed by atoms with van der Waals surface area (Å²) < 4.78 is 53.1. The third kappa shape index (κ3) is 3.72.